The molecule has 2 fully saturated rings. The van der Waals surface area contributed by atoms with Gasteiger partial charge in [-0.05, 0) is 24.2 Å². The van der Waals surface area contributed by atoms with Crippen molar-refractivity contribution in [2.45, 2.75) is 26.2 Å². The fourth-order valence-electron chi connectivity index (χ4n) is 2.65. The molecular formula is C8H14O2S. The maximum atomic E-state index is 11.0. The predicted octanol–water partition coefficient (Wildman–Crippen LogP) is 1.22. The van der Waals surface area contributed by atoms with E-state index < -0.39 is 9.84 Å². The molecule has 0 bridgehead atoms. The third-order valence-electron chi connectivity index (χ3n) is 3.00. The molecule has 1 heterocycles. The molecule has 0 aromatic carbocycles. The first kappa shape index (κ1) is 7.59. The van der Waals surface area contributed by atoms with Gasteiger partial charge in [-0.1, -0.05) is 13.3 Å². The molecule has 1 aliphatic heterocycles. The van der Waals surface area contributed by atoms with Crippen molar-refractivity contribution in [2.24, 2.45) is 11.3 Å². The lowest BCUT2D eigenvalue weighted by atomic mass is 9.89. The second-order valence-electron chi connectivity index (χ2n) is 4.38. The van der Waals surface area contributed by atoms with E-state index in [9.17, 15) is 8.42 Å². The third kappa shape index (κ3) is 1.19. The molecule has 2 nitrogen and oxygen atoms in total. The van der Waals surface area contributed by atoms with E-state index >= 15 is 0 Å². The highest BCUT2D eigenvalue weighted by atomic mass is 32.2. The van der Waals surface area contributed by atoms with E-state index in [2.05, 4.69) is 6.92 Å². The lowest BCUT2D eigenvalue weighted by Gasteiger charge is -2.37. The van der Waals surface area contributed by atoms with Crippen LogP contribution in [0.5, 0.6) is 0 Å². The maximum absolute atomic E-state index is 11.0. The molecule has 1 saturated carbocycles. The quantitative estimate of drug-likeness (QED) is 0.553. The predicted molar refractivity (Wildman–Crippen MR) is 44.1 cm³/mol. The van der Waals surface area contributed by atoms with Crippen molar-refractivity contribution >= 4 is 9.84 Å². The van der Waals surface area contributed by atoms with Gasteiger partial charge in [-0.15, -0.1) is 0 Å². The van der Waals surface area contributed by atoms with Gasteiger partial charge in [0.05, 0.1) is 11.5 Å². The van der Waals surface area contributed by atoms with Crippen LogP contribution >= 0.6 is 0 Å². The van der Waals surface area contributed by atoms with Crippen LogP contribution in [0.3, 0.4) is 0 Å². The van der Waals surface area contributed by atoms with E-state index in [0.29, 0.717) is 11.5 Å². The van der Waals surface area contributed by atoms with Gasteiger partial charge in [-0.25, -0.2) is 8.42 Å². The summed E-state index contributed by atoms with van der Waals surface area (Å²) in [6, 6.07) is 0. The standard InChI is InChI=1S/C8H14O2S/c1-7-2-3-8(4-7)5-11(9,10)6-8/h7H,2-6H2,1H3. The van der Waals surface area contributed by atoms with Crippen LogP contribution in [0, 0.1) is 11.3 Å². The Kier molecular flexibility index (Phi) is 1.38. The molecule has 1 spiro atoms. The van der Waals surface area contributed by atoms with Crippen LogP contribution in [0.1, 0.15) is 26.2 Å². The highest BCUT2D eigenvalue weighted by Crippen LogP contribution is 2.49. The summed E-state index contributed by atoms with van der Waals surface area (Å²) in [6.45, 7) is 2.22. The molecule has 11 heavy (non-hydrogen) atoms. The second-order valence-corrected chi connectivity index (χ2v) is 6.44. The zero-order valence-electron chi connectivity index (χ0n) is 6.84. The molecule has 1 unspecified atom stereocenters. The molecule has 0 radical (unpaired) electrons. The minimum Gasteiger partial charge on any atom is -0.229 e. The smallest absolute Gasteiger partial charge is 0.151 e. The molecule has 64 valence electrons. The number of hydrogen-bond donors (Lipinski definition) is 0. The topological polar surface area (TPSA) is 34.1 Å². The SMILES string of the molecule is CC1CCC2(C1)CS(=O)(=O)C2. The Bertz CT molecular complexity index is 254. The number of rotatable bonds is 0. The fourth-order valence-corrected chi connectivity index (χ4v) is 4.95. The van der Waals surface area contributed by atoms with Crippen molar-refractivity contribution < 1.29 is 8.42 Å². The minimum absolute atomic E-state index is 0.234. The average Bonchev–Trinajstić information content (AvgIpc) is 2.08. The Labute approximate surface area is 67.9 Å². The third-order valence-corrected chi connectivity index (χ3v) is 5.11. The van der Waals surface area contributed by atoms with Crippen molar-refractivity contribution in [2.75, 3.05) is 11.5 Å². The molecule has 1 saturated heterocycles. The summed E-state index contributed by atoms with van der Waals surface area (Å²) < 4.78 is 21.9. The first-order valence-electron chi connectivity index (χ1n) is 4.22. The normalized spacial score (nSPS) is 38.8. The van der Waals surface area contributed by atoms with Gasteiger partial charge in [-0.3, -0.25) is 0 Å². The van der Waals surface area contributed by atoms with E-state index in [1.807, 2.05) is 0 Å². The van der Waals surface area contributed by atoms with Gasteiger partial charge in [-0.2, -0.15) is 0 Å². The molecule has 1 aliphatic carbocycles. The van der Waals surface area contributed by atoms with Gasteiger partial charge < -0.3 is 0 Å². The zero-order valence-corrected chi connectivity index (χ0v) is 7.65. The van der Waals surface area contributed by atoms with Gasteiger partial charge in [0.15, 0.2) is 9.84 Å². The molecule has 3 heteroatoms. The summed E-state index contributed by atoms with van der Waals surface area (Å²) in [5, 5.41) is 0. The molecule has 2 aliphatic rings. The Morgan fingerprint density at radius 1 is 1.36 bits per heavy atom. The van der Waals surface area contributed by atoms with E-state index in [1.165, 1.54) is 6.42 Å². The Balaban J connectivity index is 2.08. The van der Waals surface area contributed by atoms with E-state index in [1.54, 1.807) is 0 Å². The van der Waals surface area contributed by atoms with Gasteiger partial charge in [0.1, 0.15) is 0 Å². The van der Waals surface area contributed by atoms with Crippen molar-refractivity contribution in [3.05, 3.63) is 0 Å². The Hall–Kier alpha value is -0.0500. The van der Waals surface area contributed by atoms with Crippen LogP contribution < -0.4 is 0 Å². The van der Waals surface area contributed by atoms with Gasteiger partial charge in [0.2, 0.25) is 0 Å². The molecule has 0 N–H and O–H groups in total. The molecule has 0 aromatic rings. The summed E-state index contributed by atoms with van der Waals surface area (Å²) in [6.07, 6.45) is 3.52. The van der Waals surface area contributed by atoms with Crippen LogP contribution in [0.25, 0.3) is 0 Å². The number of sulfone groups is 1. The first-order valence-corrected chi connectivity index (χ1v) is 6.04. The average molecular weight is 174 g/mol. The summed E-state index contributed by atoms with van der Waals surface area (Å²) in [7, 11) is -2.60. The largest absolute Gasteiger partial charge is 0.229 e. The summed E-state index contributed by atoms with van der Waals surface area (Å²) in [5.74, 6) is 1.71. The maximum Gasteiger partial charge on any atom is 0.151 e. The van der Waals surface area contributed by atoms with Crippen molar-refractivity contribution in [3.8, 4) is 0 Å². The highest BCUT2D eigenvalue weighted by Gasteiger charge is 2.51. The lowest BCUT2D eigenvalue weighted by molar-refractivity contribution is 0.332. The molecule has 1 atom stereocenters. The van der Waals surface area contributed by atoms with Crippen LogP contribution in [0.2, 0.25) is 0 Å². The van der Waals surface area contributed by atoms with Crippen molar-refractivity contribution in [1.29, 1.82) is 0 Å². The Morgan fingerprint density at radius 2 is 2.00 bits per heavy atom. The highest BCUT2D eigenvalue weighted by molar-refractivity contribution is 7.92. The summed E-state index contributed by atoms with van der Waals surface area (Å²) in [4.78, 5) is 0. The van der Waals surface area contributed by atoms with E-state index in [-0.39, 0.29) is 5.41 Å². The summed E-state index contributed by atoms with van der Waals surface area (Å²) in [5.41, 5.74) is 0.234. The monoisotopic (exact) mass is 174 g/mol. The molecule has 2 rings (SSSR count). The molecule has 0 amide bonds. The van der Waals surface area contributed by atoms with Gasteiger partial charge >= 0.3 is 0 Å². The van der Waals surface area contributed by atoms with Crippen LogP contribution in [0.15, 0.2) is 0 Å². The fraction of sp³-hybridized carbons (Fsp3) is 1.00. The lowest BCUT2D eigenvalue weighted by Crippen LogP contribution is -2.46. The van der Waals surface area contributed by atoms with E-state index in [4.69, 9.17) is 0 Å². The molecule has 0 aromatic heterocycles. The molecular weight excluding hydrogens is 160 g/mol. The minimum atomic E-state index is -2.60. The summed E-state index contributed by atoms with van der Waals surface area (Å²) >= 11 is 0. The van der Waals surface area contributed by atoms with Crippen LogP contribution in [0.4, 0.5) is 0 Å². The zero-order chi connectivity index (χ0) is 8.11. The van der Waals surface area contributed by atoms with Gasteiger partial charge in [0, 0.05) is 0 Å². The second kappa shape index (κ2) is 2.00. The van der Waals surface area contributed by atoms with Crippen LogP contribution in [-0.2, 0) is 9.84 Å². The Morgan fingerprint density at radius 3 is 2.36 bits per heavy atom. The first-order chi connectivity index (χ1) is 5.02. The van der Waals surface area contributed by atoms with Crippen molar-refractivity contribution in [3.63, 3.8) is 0 Å². The van der Waals surface area contributed by atoms with Crippen LogP contribution in [-0.4, -0.2) is 19.9 Å². The van der Waals surface area contributed by atoms with Gasteiger partial charge in [0.25, 0.3) is 0 Å². The van der Waals surface area contributed by atoms with Crippen molar-refractivity contribution in [1.82, 2.24) is 0 Å². The number of hydrogen-bond acceptors (Lipinski definition) is 2. The van der Waals surface area contributed by atoms with E-state index in [0.717, 1.165) is 18.8 Å².